The summed E-state index contributed by atoms with van der Waals surface area (Å²) in [6.07, 6.45) is 3.12. The Morgan fingerprint density at radius 3 is 2.73 bits per heavy atom. The number of pyridine rings is 1. The summed E-state index contributed by atoms with van der Waals surface area (Å²) in [6.45, 7) is 4.24. The quantitative estimate of drug-likeness (QED) is 0.710. The highest BCUT2D eigenvalue weighted by atomic mass is 19.1. The van der Waals surface area contributed by atoms with Crippen LogP contribution >= 0.6 is 0 Å². The molecule has 3 saturated heterocycles. The van der Waals surface area contributed by atoms with E-state index in [0.717, 1.165) is 25.3 Å². The lowest BCUT2D eigenvalue weighted by atomic mass is 9.95. The van der Waals surface area contributed by atoms with E-state index in [2.05, 4.69) is 9.88 Å². The van der Waals surface area contributed by atoms with Crippen molar-refractivity contribution in [2.75, 3.05) is 55.7 Å². The average molecular weight is 455 g/mol. The molecule has 0 radical (unpaired) electrons. The topological polar surface area (TPSA) is 75.2 Å². The van der Waals surface area contributed by atoms with Crippen LogP contribution in [0.4, 0.5) is 20.7 Å². The Labute approximate surface area is 191 Å². The van der Waals surface area contributed by atoms with Crippen molar-refractivity contribution in [3.05, 3.63) is 54.0 Å². The third-order valence-electron chi connectivity index (χ3n) is 6.60. The Morgan fingerprint density at radius 2 is 1.91 bits per heavy atom. The Kier molecular flexibility index (Phi) is 5.88. The van der Waals surface area contributed by atoms with Crippen LogP contribution < -0.4 is 9.80 Å². The van der Waals surface area contributed by atoms with Gasteiger partial charge in [-0.05, 0) is 43.2 Å². The maximum absolute atomic E-state index is 13.7. The Hall–Kier alpha value is -3.20. The molecule has 0 saturated carbocycles. The number of hydrogen-bond donors (Lipinski definition) is 0. The van der Waals surface area contributed by atoms with E-state index >= 15 is 0 Å². The standard InChI is InChI=1S/C24H27FN4O4/c25-19-3-1-4-20(16-19)29-17-24(33-23(29)31)6-2-9-28(10-7-24)22(30)18-5-8-26-21(15-18)27-11-13-32-14-12-27/h1,3-5,8,15-16H,2,6-7,9-14,17H2/t24-/m1/s1. The fourth-order valence-electron chi connectivity index (χ4n) is 4.80. The molecule has 2 aromatic rings. The van der Waals surface area contributed by atoms with Crippen LogP contribution in [0.15, 0.2) is 42.6 Å². The lowest BCUT2D eigenvalue weighted by Gasteiger charge is -2.28. The first-order valence-electron chi connectivity index (χ1n) is 11.4. The van der Waals surface area contributed by atoms with Gasteiger partial charge in [-0.25, -0.2) is 14.2 Å². The predicted octanol–water partition coefficient (Wildman–Crippen LogP) is 3.08. The molecule has 33 heavy (non-hydrogen) atoms. The van der Waals surface area contributed by atoms with Crippen LogP contribution in [0.25, 0.3) is 0 Å². The normalized spacial score (nSPS) is 23.5. The lowest BCUT2D eigenvalue weighted by molar-refractivity contribution is 0.0438. The number of morpholine rings is 1. The van der Waals surface area contributed by atoms with Crippen LogP contribution in [0, 0.1) is 5.82 Å². The second kappa shape index (κ2) is 8.97. The van der Waals surface area contributed by atoms with Gasteiger partial charge in [-0.15, -0.1) is 0 Å². The molecule has 1 aromatic heterocycles. The zero-order valence-corrected chi connectivity index (χ0v) is 18.4. The van der Waals surface area contributed by atoms with Crippen molar-refractivity contribution in [2.24, 2.45) is 0 Å². The van der Waals surface area contributed by atoms with Crippen molar-refractivity contribution in [2.45, 2.75) is 24.9 Å². The Morgan fingerprint density at radius 1 is 1.06 bits per heavy atom. The lowest BCUT2D eigenvalue weighted by Crippen LogP contribution is -2.38. The average Bonchev–Trinajstić information content (AvgIpc) is 3.03. The number of carbonyl (C=O) groups excluding carboxylic acids is 2. The van der Waals surface area contributed by atoms with E-state index in [-0.39, 0.29) is 5.91 Å². The number of nitrogens with zero attached hydrogens (tertiary/aromatic N) is 4. The van der Waals surface area contributed by atoms with Crippen LogP contribution in [-0.4, -0.2) is 73.4 Å². The van der Waals surface area contributed by atoms with Crippen molar-refractivity contribution in [3.63, 3.8) is 0 Å². The largest absolute Gasteiger partial charge is 0.441 e. The molecule has 3 aliphatic heterocycles. The zero-order valence-electron chi connectivity index (χ0n) is 18.4. The van der Waals surface area contributed by atoms with Crippen molar-refractivity contribution < 1.29 is 23.5 Å². The van der Waals surface area contributed by atoms with E-state index in [4.69, 9.17) is 9.47 Å². The Bertz CT molecular complexity index is 1040. The summed E-state index contributed by atoms with van der Waals surface area (Å²) in [5.74, 6) is 0.342. The molecule has 2 amide bonds. The zero-order chi connectivity index (χ0) is 22.8. The van der Waals surface area contributed by atoms with Crippen molar-refractivity contribution >= 4 is 23.5 Å². The van der Waals surface area contributed by atoms with Gasteiger partial charge in [-0.3, -0.25) is 9.69 Å². The van der Waals surface area contributed by atoms with Crippen LogP contribution in [0.5, 0.6) is 0 Å². The van der Waals surface area contributed by atoms with Gasteiger partial charge in [-0.2, -0.15) is 0 Å². The molecule has 1 spiro atoms. The number of likely N-dealkylation sites (tertiary alicyclic amines) is 1. The van der Waals surface area contributed by atoms with E-state index in [1.807, 2.05) is 11.0 Å². The molecule has 174 valence electrons. The fraction of sp³-hybridized carbons (Fsp3) is 0.458. The number of halogens is 1. The van der Waals surface area contributed by atoms with Crippen molar-refractivity contribution in [1.29, 1.82) is 0 Å². The number of rotatable bonds is 3. The van der Waals surface area contributed by atoms with Crippen LogP contribution in [0.3, 0.4) is 0 Å². The van der Waals surface area contributed by atoms with Crippen LogP contribution in [0.2, 0.25) is 0 Å². The molecule has 1 aromatic carbocycles. The highest BCUT2D eigenvalue weighted by Gasteiger charge is 2.46. The minimum atomic E-state index is -0.671. The third kappa shape index (κ3) is 4.50. The SMILES string of the molecule is O=C(c1ccnc(N2CCOCC2)c1)N1CCC[C@@]2(CC1)CN(c1cccc(F)c1)C(=O)O2. The second-order valence-corrected chi connectivity index (χ2v) is 8.76. The predicted molar refractivity (Wildman–Crippen MR) is 120 cm³/mol. The monoisotopic (exact) mass is 454 g/mol. The number of hydrogen-bond acceptors (Lipinski definition) is 6. The molecule has 3 aliphatic rings. The number of aromatic nitrogens is 1. The summed E-state index contributed by atoms with van der Waals surface area (Å²) in [6, 6.07) is 9.55. The number of anilines is 2. The minimum Gasteiger partial charge on any atom is -0.441 e. The van der Waals surface area contributed by atoms with Crippen LogP contribution in [-0.2, 0) is 9.47 Å². The van der Waals surface area contributed by atoms with Gasteiger partial charge in [0.2, 0.25) is 0 Å². The first-order chi connectivity index (χ1) is 16.0. The second-order valence-electron chi connectivity index (χ2n) is 8.76. The first-order valence-corrected chi connectivity index (χ1v) is 11.4. The molecular formula is C24H27FN4O4. The van der Waals surface area contributed by atoms with Crippen molar-refractivity contribution in [1.82, 2.24) is 9.88 Å². The minimum absolute atomic E-state index is 0.0460. The van der Waals surface area contributed by atoms with Gasteiger partial charge >= 0.3 is 6.09 Å². The summed E-state index contributed by atoms with van der Waals surface area (Å²) < 4.78 is 24.9. The highest BCUT2D eigenvalue weighted by Crippen LogP contribution is 2.36. The molecule has 0 unspecified atom stereocenters. The molecular weight excluding hydrogens is 427 g/mol. The molecule has 8 nitrogen and oxygen atoms in total. The number of carbonyl (C=O) groups is 2. The first kappa shape index (κ1) is 21.6. The Balaban J connectivity index is 1.27. The molecule has 3 fully saturated rings. The summed E-state index contributed by atoms with van der Waals surface area (Å²) in [4.78, 5) is 35.7. The highest BCUT2D eigenvalue weighted by molar-refractivity contribution is 5.95. The van der Waals surface area contributed by atoms with Gasteiger partial charge in [0.25, 0.3) is 5.91 Å². The number of amides is 2. The van der Waals surface area contributed by atoms with Gasteiger partial charge in [0.15, 0.2) is 0 Å². The molecule has 4 heterocycles. The maximum atomic E-state index is 13.7. The third-order valence-corrected chi connectivity index (χ3v) is 6.60. The van der Waals surface area contributed by atoms with E-state index in [1.54, 1.807) is 24.4 Å². The summed E-state index contributed by atoms with van der Waals surface area (Å²) in [7, 11) is 0. The molecule has 9 heteroatoms. The fourth-order valence-corrected chi connectivity index (χ4v) is 4.80. The number of ether oxygens (including phenoxy) is 2. The van der Waals surface area contributed by atoms with E-state index in [1.165, 1.54) is 17.0 Å². The van der Waals surface area contributed by atoms with Crippen LogP contribution in [0.1, 0.15) is 29.6 Å². The molecule has 1 atom stereocenters. The smallest absolute Gasteiger partial charge is 0.415 e. The van der Waals surface area contributed by atoms with Crippen molar-refractivity contribution in [3.8, 4) is 0 Å². The summed E-state index contributed by atoms with van der Waals surface area (Å²) >= 11 is 0. The van der Waals surface area contributed by atoms with E-state index in [0.29, 0.717) is 56.9 Å². The molecule has 0 aliphatic carbocycles. The molecule has 0 N–H and O–H groups in total. The van der Waals surface area contributed by atoms with E-state index in [9.17, 15) is 14.0 Å². The van der Waals surface area contributed by atoms with Gasteiger partial charge in [0.1, 0.15) is 17.2 Å². The van der Waals surface area contributed by atoms with Gasteiger partial charge < -0.3 is 19.3 Å². The van der Waals surface area contributed by atoms with Gasteiger partial charge in [-0.1, -0.05) is 6.07 Å². The maximum Gasteiger partial charge on any atom is 0.415 e. The van der Waals surface area contributed by atoms with Gasteiger partial charge in [0, 0.05) is 44.4 Å². The summed E-state index contributed by atoms with van der Waals surface area (Å²) in [5, 5.41) is 0. The summed E-state index contributed by atoms with van der Waals surface area (Å²) in [5.41, 5.74) is 0.420. The number of benzene rings is 1. The molecule has 5 rings (SSSR count). The molecule has 0 bridgehead atoms. The van der Waals surface area contributed by atoms with E-state index < -0.39 is 17.5 Å². The van der Waals surface area contributed by atoms with Gasteiger partial charge in [0.05, 0.1) is 25.4 Å².